The minimum Gasteiger partial charge on any atom is -0.349 e. The summed E-state index contributed by atoms with van der Waals surface area (Å²) in [6.45, 7) is 13.7. The van der Waals surface area contributed by atoms with Gasteiger partial charge >= 0.3 is 0 Å². The lowest BCUT2D eigenvalue weighted by Gasteiger charge is -2.35. The SMILES string of the molecule is CC(C)[B]NC(C(=O)N1CCCC1C)C(C)(C)C. The number of hydrogen-bond donors (Lipinski definition) is 1. The van der Waals surface area contributed by atoms with Crippen molar-refractivity contribution in [2.24, 2.45) is 5.41 Å². The summed E-state index contributed by atoms with van der Waals surface area (Å²) in [6.07, 6.45) is 2.27. The Morgan fingerprint density at radius 2 is 2.00 bits per heavy atom. The summed E-state index contributed by atoms with van der Waals surface area (Å²) < 4.78 is 0. The lowest BCUT2D eigenvalue weighted by molar-refractivity contribution is -0.136. The van der Waals surface area contributed by atoms with E-state index in [1.165, 1.54) is 0 Å². The third kappa shape index (κ3) is 4.01. The molecule has 1 N–H and O–H groups in total. The molecule has 0 bridgehead atoms. The van der Waals surface area contributed by atoms with E-state index in [2.05, 4.69) is 46.8 Å². The third-order valence-electron chi connectivity index (χ3n) is 3.55. The van der Waals surface area contributed by atoms with Gasteiger partial charge in [-0.2, -0.15) is 0 Å². The van der Waals surface area contributed by atoms with E-state index in [0.717, 1.165) is 19.4 Å². The molecule has 3 nitrogen and oxygen atoms in total. The predicted molar refractivity (Wildman–Crippen MR) is 77.6 cm³/mol. The number of carbonyl (C=O) groups is 1. The van der Waals surface area contributed by atoms with Crippen molar-refractivity contribution in [2.75, 3.05) is 6.54 Å². The van der Waals surface area contributed by atoms with Crippen molar-refractivity contribution in [3.8, 4) is 0 Å². The molecule has 0 spiro atoms. The molecule has 0 aromatic carbocycles. The lowest BCUT2D eigenvalue weighted by atomic mass is 9.74. The van der Waals surface area contributed by atoms with Gasteiger partial charge in [0, 0.05) is 12.6 Å². The topological polar surface area (TPSA) is 32.3 Å². The molecule has 1 saturated heterocycles. The summed E-state index contributed by atoms with van der Waals surface area (Å²) in [5, 5.41) is 3.34. The molecule has 1 heterocycles. The summed E-state index contributed by atoms with van der Waals surface area (Å²) in [4.78, 5) is 14.7. The van der Waals surface area contributed by atoms with Gasteiger partial charge in [-0.1, -0.05) is 40.4 Å². The second-order valence-corrected chi connectivity index (χ2v) is 6.90. The predicted octanol–water partition coefficient (Wildman–Crippen LogP) is 2.45. The van der Waals surface area contributed by atoms with Crippen LogP contribution in [0.1, 0.15) is 54.4 Å². The maximum Gasteiger partial charge on any atom is 0.239 e. The van der Waals surface area contributed by atoms with Gasteiger partial charge < -0.3 is 10.1 Å². The largest absolute Gasteiger partial charge is 0.349 e. The number of likely N-dealkylation sites (tertiary alicyclic amines) is 1. The summed E-state index contributed by atoms with van der Waals surface area (Å²) in [7, 11) is 2.04. The second-order valence-electron chi connectivity index (χ2n) is 6.90. The van der Waals surface area contributed by atoms with Crippen molar-refractivity contribution in [1.29, 1.82) is 0 Å². The van der Waals surface area contributed by atoms with Gasteiger partial charge in [0.1, 0.15) is 0 Å². The lowest BCUT2D eigenvalue weighted by Crippen LogP contribution is -2.55. The fraction of sp³-hybridized carbons (Fsp3) is 0.929. The minimum atomic E-state index is -0.125. The molecule has 4 heteroatoms. The molecule has 1 aliphatic rings. The average Bonchev–Trinajstić information content (AvgIpc) is 2.61. The van der Waals surface area contributed by atoms with Crippen molar-refractivity contribution >= 4 is 13.3 Å². The first kappa shape index (κ1) is 15.6. The zero-order valence-corrected chi connectivity index (χ0v) is 12.8. The Hall–Kier alpha value is -0.505. The van der Waals surface area contributed by atoms with E-state index < -0.39 is 0 Å². The van der Waals surface area contributed by atoms with Gasteiger partial charge in [-0.05, 0) is 25.2 Å². The zero-order valence-electron chi connectivity index (χ0n) is 12.8. The number of rotatable bonds is 4. The molecule has 1 amide bonds. The van der Waals surface area contributed by atoms with Crippen LogP contribution in [0.15, 0.2) is 0 Å². The maximum atomic E-state index is 12.7. The first-order valence-electron chi connectivity index (χ1n) is 7.13. The van der Waals surface area contributed by atoms with Crippen LogP contribution in [0.4, 0.5) is 0 Å². The van der Waals surface area contributed by atoms with E-state index in [9.17, 15) is 4.79 Å². The highest BCUT2D eigenvalue weighted by molar-refractivity contribution is 6.34. The van der Waals surface area contributed by atoms with Crippen LogP contribution >= 0.6 is 0 Å². The monoisotopic (exact) mass is 251 g/mol. The molecule has 1 aliphatic heterocycles. The van der Waals surface area contributed by atoms with Gasteiger partial charge in [-0.3, -0.25) is 4.79 Å². The molecule has 0 aromatic heterocycles. The molecule has 103 valence electrons. The molecule has 1 radical (unpaired) electrons. The van der Waals surface area contributed by atoms with E-state index in [1.54, 1.807) is 0 Å². The van der Waals surface area contributed by atoms with Crippen LogP contribution in [0.2, 0.25) is 5.82 Å². The minimum absolute atomic E-state index is 0.0647. The molecule has 2 unspecified atom stereocenters. The fourth-order valence-corrected chi connectivity index (χ4v) is 2.41. The van der Waals surface area contributed by atoms with Gasteiger partial charge in [-0.25, -0.2) is 0 Å². The van der Waals surface area contributed by atoms with E-state index >= 15 is 0 Å². The molecule has 2 atom stereocenters. The normalized spacial score (nSPS) is 22.4. The molecule has 1 rings (SSSR count). The third-order valence-corrected chi connectivity index (χ3v) is 3.55. The van der Waals surface area contributed by atoms with Crippen molar-refractivity contribution in [1.82, 2.24) is 10.1 Å². The van der Waals surface area contributed by atoms with Crippen molar-refractivity contribution in [3.63, 3.8) is 0 Å². The Bertz CT molecular complexity index is 286. The number of nitrogens with one attached hydrogen (secondary N) is 1. The summed E-state index contributed by atoms with van der Waals surface area (Å²) in [6, 6.07) is 0.267. The van der Waals surface area contributed by atoms with Crippen molar-refractivity contribution in [3.05, 3.63) is 0 Å². The number of amides is 1. The quantitative estimate of drug-likeness (QED) is 0.778. The van der Waals surface area contributed by atoms with Crippen LogP contribution in [0.3, 0.4) is 0 Å². The van der Waals surface area contributed by atoms with E-state index in [0.29, 0.717) is 11.9 Å². The Morgan fingerprint density at radius 3 is 2.39 bits per heavy atom. The first-order chi connectivity index (χ1) is 8.23. The summed E-state index contributed by atoms with van der Waals surface area (Å²) >= 11 is 0. The van der Waals surface area contributed by atoms with Gasteiger partial charge in [-0.15, -0.1) is 0 Å². The molecular weight excluding hydrogens is 223 g/mol. The molecular formula is C14H28BN2O. The fourth-order valence-electron chi connectivity index (χ4n) is 2.41. The zero-order chi connectivity index (χ0) is 13.9. The molecule has 0 aliphatic carbocycles. The molecule has 0 aromatic rings. The first-order valence-corrected chi connectivity index (χ1v) is 7.13. The number of nitrogens with zero attached hydrogens (tertiary/aromatic N) is 1. The standard InChI is InChI=1S/C14H28BN2O/c1-10(2)15-16-12(14(4,5)6)13(18)17-9-7-8-11(17)3/h10-12,16H,7-9H2,1-6H3. The van der Waals surface area contributed by atoms with Crippen LogP contribution in [-0.4, -0.2) is 36.8 Å². The number of hydrogen-bond acceptors (Lipinski definition) is 2. The Kier molecular flexibility index (Phi) is 5.26. The Morgan fingerprint density at radius 1 is 1.39 bits per heavy atom. The van der Waals surface area contributed by atoms with Gasteiger partial charge in [0.05, 0.1) is 6.04 Å². The highest BCUT2D eigenvalue weighted by Gasteiger charge is 2.36. The van der Waals surface area contributed by atoms with Gasteiger partial charge in [0.15, 0.2) is 0 Å². The van der Waals surface area contributed by atoms with Crippen LogP contribution in [0.25, 0.3) is 0 Å². The van der Waals surface area contributed by atoms with Crippen LogP contribution in [0, 0.1) is 5.41 Å². The van der Waals surface area contributed by atoms with Crippen molar-refractivity contribution in [2.45, 2.75) is 72.3 Å². The average molecular weight is 251 g/mol. The highest BCUT2D eigenvalue weighted by atomic mass is 16.2. The Labute approximate surface area is 113 Å². The highest BCUT2D eigenvalue weighted by Crippen LogP contribution is 2.25. The van der Waals surface area contributed by atoms with E-state index in [-0.39, 0.29) is 17.4 Å². The Balaban J connectivity index is 2.73. The summed E-state index contributed by atoms with van der Waals surface area (Å²) in [5.41, 5.74) is -0.0647. The van der Waals surface area contributed by atoms with Crippen molar-refractivity contribution < 1.29 is 4.79 Å². The van der Waals surface area contributed by atoms with Crippen LogP contribution in [0.5, 0.6) is 0 Å². The van der Waals surface area contributed by atoms with E-state index in [4.69, 9.17) is 0 Å². The second kappa shape index (κ2) is 6.09. The summed E-state index contributed by atoms with van der Waals surface area (Å²) in [5.74, 6) is 0.697. The molecule has 0 saturated carbocycles. The van der Waals surface area contributed by atoms with Gasteiger partial charge in [0.2, 0.25) is 13.3 Å². The molecule has 1 fully saturated rings. The molecule has 18 heavy (non-hydrogen) atoms. The van der Waals surface area contributed by atoms with Gasteiger partial charge in [0.25, 0.3) is 0 Å². The maximum absolute atomic E-state index is 12.7. The van der Waals surface area contributed by atoms with E-state index in [1.807, 2.05) is 12.3 Å². The van der Waals surface area contributed by atoms with Crippen LogP contribution < -0.4 is 5.23 Å². The van der Waals surface area contributed by atoms with Crippen LogP contribution in [-0.2, 0) is 4.79 Å². The number of carbonyl (C=O) groups excluding carboxylic acids is 1. The smallest absolute Gasteiger partial charge is 0.239 e.